The minimum absolute atomic E-state index is 0.225. The van der Waals surface area contributed by atoms with Gasteiger partial charge in [0.05, 0.1) is 18.4 Å². The molecule has 1 unspecified atom stereocenters. The standard InChI is InChI=1S/C11H12N2O3/c1-6-10(14)13-9-4-3-7(16-2)5-8(9)11(15)12-6/h3-6H,1-2H3,(H,12,15)(H,13,14). The smallest absolute Gasteiger partial charge is 0.254 e. The molecule has 2 N–H and O–H groups in total. The third-order valence-corrected chi connectivity index (χ3v) is 2.47. The minimum Gasteiger partial charge on any atom is -0.497 e. The highest BCUT2D eigenvalue weighted by Gasteiger charge is 2.24. The van der Waals surface area contributed by atoms with Gasteiger partial charge < -0.3 is 15.4 Å². The molecule has 84 valence electrons. The van der Waals surface area contributed by atoms with Crippen LogP contribution in [0.2, 0.25) is 0 Å². The van der Waals surface area contributed by atoms with Crippen LogP contribution >= 0.6 is 0 Å². The number of hydrogen-bond acceptors (Lipinski definition) is 3. The Labute approximate surface area is 92.8 Å². The molecule has 0 fully saturated rings. The Bertz CT molecular complexity index is 457. The van der Waals surface area contributed by atoms with Gasteiger partial charge in [0.1, 0.15) is 11.8 Å². The lowest BCUT2D eigenvalue weighted by atomic mass is 10.1. The number of nitrogens with one attached hydrogen (secondary N) is 2. The molecule has 16 heavy (non-hydrogen) atoms. The van der Waals surface area contributed by atoms with Gasteiger partial charge in [-0.3, -0.25) is 9.59 Å². The van der Waals surface area contributed by atoms with Gasteiger partial charge in [0.15, 0.2) is 0 Å². The van der Waals surface area contributed by atoms with Crippen molar-refractivity contribution in [3.05, 3.63) is 23.8 Å². The Hall–Kier alpha value is -2.04. The number of ether oxygens (including phenoxy) is 1. The molecule has 1 heterocycles. The van der Waals surface area contributed by atoms with E-state index in [0.29, 0.717) is 17.0 Å². The quantitative estimate of drug-likeness (QED) is 0.734. The number of methoxy groups -OCH3 is 1. The van der Waals surface area contributed by atoms with Crippen molar-refractivity contribution in [2.24, 2.45) is 0 Å². The van der Waals surface area contributed by atoms with Crippen LogP contribution in [0.4, 0.5) is 5.69 Å². The molecule has 1 aliphatic rings. The third-order valence-electron chi connectivity index (χ3n) is 2.47. The average Bonchev–Trinajstić information content (AvgIpc) is 2.38. The fourth-order valence-electron chi connectivity index (χ4n) is 1.53. The molecule has 2 rings (SSSR count). The number of hydrogen-bond donors (Lipinski definition) is 2. The second-order valence-corrected chi connectivity index (χ2v) is 3.60. The molecule has 0 aromatic heterocycles. The van der Waals surface area contributed by atoms with Gasteiger partial charge in [0, 0.05) is 0 Å². The average molecular weight is 220 g/mol. The van der Waals surface area contributed by atoms with Gasteiger partial charge in [-0.25, -0.2) is 0 Å². The van der Waals surface area contributed by atoms with Crippen LogP contribution in [0, 0.1) is 0 Å². The lowest BCUT2D eigenvalue weighted by molar-refractivity contribution is -0.117. The first-order chi connectivity index (χ1) is 7.61. The zero-order valence-corrected chi connectivity index (χ0v) is 9.03. The van der Waals surface area contributed by atoms with Gasteiger partial charge >= 0.3 is 0 Å². The minimum atomic E-state index is -0.536. The summed E-state index contributed by atoms with van der Waals surface area (Å²) in [5, 5.41) is 5.27. The van der Waals surface area contributed by atoms with Crippen LogP contribution in [-0.4, -0.2) is 25.0 Å². The zero-order valence-electron chi connectivity index (χ0n) is 9.03. The van der Waals surface area contributed by atoms with Crippen molar-refractivity contribution in [1.82, 2.24) is 5.32 Å². The van der Waals surface area contributed by atoms with E-state index in [1.54, 1.807) is 25.1 Å². The molecule has 1 aromatic rings. The van der Waals surface area contributed by atoms with Crippen LogP contribution in [0.1, 0.15) is 17.3 Å². The molecular weight excluding hydrogens is 208 g/mol. The number of carbonyl (C=O) groups is 2. The fraction of sp³-hybridized carbons (Fsp3) is 0.273. The summed E-state index contributed by atoms with van der Waals surface area (Å²) in [4.78, 5) is 23.3. The summed E-state index contributed by atoms with van der Waals surface area (Å²) in [7, 11) is 1.53. The van der Waals surface area contributed by atoms with Crippen LogP contribution in [-0.2, 0) is 4.79 Å². The highest BCUT2D eigenvalue weighted by Crippen LogP contribution is 2.23. The first-order valence-electron chi connectivity index (χ1n) is 4.91. The molecule has 5 nitrogen and oxygen atoms in total. The van der Waals surface area contributed by atoms with Crippen LogP contribution in [0.3, 0.4) is 0 Å². The summed E-state index contributed by atoms with van der Waals surface area (Å²) in [6.07, 6.45) is 0. The number of fused-ring (bicyclic) bond motifs is 1. The highest BCUT2D eigenvalue weighted by molar-refractivity contribution is 6.09. The predicted octanol–water partition coefficient (Wildman–Crippen LogP) is 0.766. The Morgan fingerprint density at radius 3 is 2.75 bits per heavy atom. The maximum atomic E-state index is 11.8. The lowest BCUT2D eigenvalue weighted by Crippen LogP contribution is -2.38. The van der Waals surface area contributed by atoms with Gasteiger partial charge in [-0.2, -0.15) is 0 Å². The van der Waals surface area contributed by atoms with Gasteiger partial charge in [0.25, 0.3) is 5.91 Å². The Kier molecular flexibility index (Phi) is 2.52. The van der Waals surface area contributed by atoms with Gasteiger partial charge in [-0.15, -0.1) is 0 Å². The second kappa shape index (κ2) is 3.84. The van der Waals surface area contributed by atoms with Crippen molar-refractivity contribution in [3.63, 3.8) is 0 Å². The van der Waals surface area contributed by atoms with E-state index in [9.17, 15) is 9.59 Å². The summed E-state index contributed by atoms with van der Waals surface area (Å²) in [5.74, 6) is 0.0784. The van der Waals surface area contributed by atoms with Crippen molar-refractivity contribution < 1.29 is 14.3 Å². The van der Waals surface area contributed by atoms with E-state index in [2.05, 4.69) is 10.6 Å². The molecule has 5 heteroatoms. The summed E-state index contributed by atoms with van der Waals surface area (Å²) >= 11 is 0. The molecule has 0 radical (unpaired) electrons. The molecule has 1 atom stereocenters. The van der Waals surface area contributed by atoms with Crippen molar-refractivity contribution >= 4 is 17.5 Å². The molecule has 2 amide bonds. The van der Waals surface area contributed by atoms with E-state index in [1.807, 2.05) is 0 Å². The Balaban J connectivity index is 2.47. The van der Waals surface area contributed by atoms with E-state index >= 15 is 0 Å². The maximum absolute atomic E-state index is 11.8. The van der Waals surface area contributed by atoms with Gasteiger partial charge in [-0.1, -0.05) is 0 Å². The number of benzene rings is 1. The first-order valence-corrected chi connectivity index (χ1v) is 4.91. The van der Waals surface area contributed by atoms with E-state index in [-0.39, 0.29) is 11.8 Å². The highest BCUT2D eigenvalue weighted by atomic mass is 16.5. The Morgan fingerprint density at radius 2 is 2.06 bits per heavy atom. The molecule has 1 aliphatic heterocycles. The molecule has 0 bridgehead atoms. The second-order valence-electron chi connectivity index (χ2n) is 3.60. The largest absolute Gasteiger partial charge is 0.497 e. The lowest BCUT2D eigenvalue weighted by Gasteiger charge is -2.06. The molecule has 0 spiro atoms. The number of amides is 2. The van der Waals surface area contributed by atoms with Crippen LogP contribution < -0.4 is 15.4 Å². The topological polar surface area (TPSA) is 67.4 Å². The van der Waals surface area contributed by atoms with Crippen molar-refractivity contribution in [2.45, 2.75) is 13.0 Å². The monoisotopic (exact) mass is 220 g/mol. The number of carbonyl (C=O) groups excluding carboxylic acids is 2. The molecule has 1 aromatic carbocycles. The van der Waals surface area contributed by atoms with Gasteiger partial charge in [-0.05, 0) is 25.1 Å². The van der Waals surface area contributed by atoms with Crippen molar-refractivity contribution in [3.8, 4) is 5.75 Å². The zero-order chi connectivity index (χ0) is 11.7. The first kappa shape index (κ1) is 10.5. The third kappa shape index (κ3) is 1.71. The molecular formula is C11H12N2O3. The summed E-state index contributed by atoms with van der Waals surface area (Å²) in [5.41, 5.74) is 0.921. The molecule has 0 aliphatic carbocycles. The van der Waals surface area contributed by atoms with E-state index in [0.717, 1.165) is 0 Å². The van der Waals surface area contributed by atoms with Crippen LogP contribution in [0.25, 0.3) is 0 Å². The molecule has 0 saturated carbocycles. The van der Waals surface area contributed by atoms with Crippen LogP contribution in [0.15, 0.2) is 18.2 Å². The Morgan fingerprint density at radius 1 is 1.31 bits per heavy atom. The summed E-state index contributed by atoms with van der Waals surface area (Å²) < 4.78 is 5.03. The van der Waals surface area contributed by atoms with E-state index in [1.165, 1.54) is 7.11 Å². The van der Waals surface area contributed by atoms with Crippen LogP contribution in [0.5, 0.6) is 5.75 Å². The van der Waals surface area contributed by atoms with Gasteiger partial charge in [0.2, 0.25) is 5.91 Å². The normalized spacial score (nSPS) is 19.2. The van der Waals surface area contributed by atoms with Crippen molar-refractivity contribution in [2.75, 3.05) is 12.4 Å². The number of rotatable bonds is 1. The maximum Gasteiger partial charge on any atom is 0.254 e. The number of anilines is 1. The van der Waals surface area contributed by atoms with Crippen molar-refractivity contribution in [1.29, 1.82) is 0 Å². The molecule has 0 saturated heterocycles. The van der Waals surface area contributed by atoms with E-state index < -0.39 is 6.04 Å². The van der Waals surface area contributed by atoms with E-state index in [4.69, 9.17) is 4.74 Å². The fourth-order valence-corrected chi connectivity index (χ4v) is 1.53. The summed E-state index contributed by atoms with van der Waals surface area (Å²) in [6.45, 7) is 1.64. The predicted molar refractivity (Wildman–Crippen MR) is 58.6 cm³/mol. The summed E-state index contributed by atoms with van der Waals surface area (Å²) in [6, 6.07) is 4.42. The SMILES string of the molecule is COc1ccc2c(c1)C(=O)NC(C)C(=O)N2.